The average molecular weight is 428 g/mol. The molecule has 2 atom stereocenters. The average Bonchev–Trinajstić information content (AvgIpc) is 3.17. The molecule has 2 aliphatic rings. The molecule has 2 aromatic rings. The maximum atomic E-state index is 14.2. The van der Waals surface area contributed by atoms with Gasteiger partial charge in [-0.25, -0.2) is 8.78 Å². The Bertz CT molecular complexity index is 935. The Hall–Kier alpha value is -2.96. The van der Waals surface area contributed by atoms with Crippen LogP contribution in [0.1, 0.15) is 37.7 Å². The minimum absolute atomic E-state index is 0.00909. The molecule has 2 aromatic carbocycles. The second kappa shape index (κ2) is 9.45. The van der Waals surface area contributed by atoms with Crippen LogP contribution in [0.2, 0.25) is 0 Å². The molecular formula is C24H26F2N2O3. The maximum Gasteiger partial charge on any atom is 0.260 e. The van der Waals surface area contributed by atoms with Gasteiger partial charge in [-0.2, -0.15) is 0 Å². The normalized spacial score (nSPS) is 21.4. The number of carbonyl (C=O) groups excluding carboxylic acids is 2. The summed E-state index contributed by atoms with van der Waals surface area (Å²) in [6.07, 6.45) is 3.52. The third-order valence-electron chi connectivity index (χ3n) is 6.17. The van der Waals surface area contributed by atoms with Crippen molar-refractivity contribution in [1.82, 2.24) is 9.80 Å². The van der Waals surface area contributed by atoms with Crippen molar-refractivity contribution in [2.45, 2.75) is 50.7 Å². The van der Waals surface area contributed by atoms with Crippen molar-refractivity contribution in [3.63, 3.8) is 0 Å². The number of halogens is 2. The van der Waals surface area contributed by atoms with Gasteiger partial charge in [-0.05, 0) is 49.6 Å². The fourth-order valence-corrected chi connectivity index (χ4v) is 4.59. The van der Waals surface area contributed by atoms with E-state index in [1.807, 2.05) is 0 Å². The van der Waals surface area contributed by atoms with E-state index >= 15 is 0 Å². The van der Waals surface area contributed by atoms with Gasteiger partial charge in [0.15, 0.2) is 6.61 Å². The van der Waals surface area contributed by atoms with E-state index in [4.69, 9.17) is 4.74 Å². The number of rotatable bonds is 5. The lowest BCUT2D eigenvalue weighted by atomic mass is 9.96. The van der Waals surface area contributed by atoms with Gasteiger partial charge in [0.1, 0.15) is 17.4 Å². The van der Waals surface area contributed by atoms with Crippen molar-refractivity contribution >= 4 is 11.8 Å². The van der Waals surface area contributed by atoms with Crippen LogP contribution in [0, 0.1) is 11.6 Å². The van der Waals surface area contributed by atoms with E-state index in [1.165, 1.54) is 30.3 Å². The first-order valence-electron chi connectivity index (χ1n) is 10.7. The van der Waals surface area contributed by atoms with Crippen molar-refractivity contribution in [2.24, 2.45) is 0 Å². The smallest absolute Gasteiger partial charge is 0.260 e. The van der Waals surface area contributed by atoms with Crippen LogP contribution in [0.15, 0.2) is 48.5 Å². The zero-order chi connectivity index (χ0) is 21.8. The molecule has 0 aromatic heterocycles. The molecule has 2 saturated heterocycles. The monoisotopic (exact) mass is 428 g/mol. The van der Waals surface area contributed by atoms with Crippen LogP contribution in [-0.2, 0) is 16.1 Å². The highest BCUT2D eigenvalue weighted by atomic mass is 19.1. The molecule has 7 heteroatoms. The molecule has 31 heavy (non-hydrogen) atoms. The van der Waals surface area contributed by atoms with Gasteiger partial charge in [0, 0.05) is 25.1 Å². The molecule has 0 N–H and O–H groups in total. The molecule has 0 spiro atoms. The Labute approximate surface area is 180 Å². The van der Waals surface area contributed by atoms with E-state index in [2.05, 4.69) is 0 Å². The molecule has 2 fully saturated rings. The minimum Gasteiger partial charge on any atom is -0.484 e. The number of hydrogen-bond donors (Lipinski definition) is 0. The zero-order valence-corrected chi connectivity index (χ0v) is 17.3. The van der Waals surface area contributed by atoms with Crippen LogP contribution in [0.4, 0.5) is 8.78 Å². The van der Waals surface area contributed by atoms with Crippen LogP contribution in [0.25, 0.3) is 0 Å². The van der Waals surface area contributed by atoms with Gasteiger partial charge in [-0.3, -0.25) is 9.59 Å². The number of hydrogen-bond acceptors (Lipinski definition) is 3. The largest absolute Gasteiger partial charge is 0.484 e. The summed E-state index contributed by atoms with van der Waals surface area (Å²) in [7, 11) is 0. The number of nitrogens with zero attached hydrogens (tertiary/aromatic N) is 2. The van der Waals surface area contributed by atoms with E-state index in [0.29, 0.717) is 30.7 Å². The summed E-state index contributed by atoms with van der Waals surface area (Å²) < 4.78 is 32.8. The van der Waals surface area contributed by atoms with Crippen LogP contribution >= 0.6 is 0 Å². The molecule has 164 valence electrons. The Morgan fingerprint density at radius 1 is 1.00 bits per heavy atom. The van der Waals surface area contributed by atoms with Crippen molar-refractivity contribution in [1.29, 1.82) is 0 Å². The van der Waals surface area contributed by atoms with Gasteiger partial charge >= 0.3 is 0 Å². The number of fused-ring (bicyclic) bond motifs is 1. The quantitative estimate of drug-likeness (QED) is 0.726. The lowest BCUT2D eigenvalue weighted by Gasteiger charge is -2.37. The Kier molecular flexibility index (Phi) is 6.49. The molecule has 5 nitrogen and oxygen atoms in total. The van der Waals surface area contributed by atoms with Gasteiger partial charge < -0.3 is 14.5 Å². The number of carbonyl (C=O) groups is 2. The van der Waals surface area contributed by atoms with Gasteiger partial charge in [-0.15, -0.1) is 0 Å². The molecule has 4 rings (SSSR count). The van der Waals surface area contributed by atoms with E-state index in [-0.39, 0.29) is 48.7 Å². The lowest BCUT2D eigenvalue weighted by Crippen LogP contribution is -2.50. The molecule has 0 bridgehead atoms. The third kappa shape index (κ3) is 4.86. The van der Waals surface area contributed by atoms with Crippen molar-refractivity contribution in [3.8, 4) is 5.75 Å². The van der Waals surface area contributed by atoms with Crippen molar-refractivity contribution < 1.29 is 23.1 Å². The maximum absolute atomic E-state index is 14.2. The fraction of sp³-hybridized carbons (Fsp3) is 0.417. The van der Waals surface area contributed by atoms with Gasteiger partial charge in [0.2, 0.25) is 5.91 Å². The summed E-state index contributed by atoms with van der Waals surface area (Å²) >= 11 is 0. The number of likely N-dealkylation sites (tertiary alicyclic amines) is 2. The molecule has 0 unspecified atom stereocenters. The topological polar surface area (TPSA) is 49.9 Å². The summed E-state index contributed by atoms with van der Waals surface area (Å²) in [5, 5.41) is 0. The Balaban J connectivity index is 1.47. The van der Waals surface area contributed by atoms with E-state index in [0.717, 1.165) is 19.3 Å². The second-order valence-electron chi connectivity index (χ2n) is 8.11. The first kappa shape index (κ1) is 21.3. The van der Waals surface area contributed by atoms with Gasteiger partial charge in [0.05, 0.1) is 12.1 Å². The zero-order valence-electron chi connectivity index (χ0n) is 17.3. The summed E-state index contributed by atoms with van der Waals surface area (Å²) in [5.41, 5.74) is 0.486. The number of ether oxygens (including phenoxy) is 1. The molecule has 2 heterocycles. The molecular weight excluding hydrogens is 402 g/mol. The standard InChI is InChI=1S/C24H26F2N2O3/c25-18-9-11-19(12-10-18)31-16-24(30)27-14-13-22-21(27)7-3-4-8-23(29)28(22)15-17-5-1-2-6-20(17)26/h1-2,5-6,9-12,21-22H,3-4,7-8,13-16H2/t21-,22+/m1/s1. The Morgan fingerprint density at radius 2 is 1.77 bits per heavy atom. The van der Waals surface area contributed by atoms with Crippen LogP contribution in [0.5, 0.6) is 5.75 Å². The summed E-state index contributed by atoms with van der Waals surface area (Å²) in [6, 6.07) is 11.8. The SMILES string of the molecule is O=C(COc1ccc(F)cc1)N1CC[C@H]2[C@H]1CCCCC(=O)N2Cc1ccccc1F. The summed E-state index contributed by atoms with van der Waals surface area (Å²) in [5.74, 6) is -0.409. The van der Waals surface area contributed by atoms with E-state index < -0.39 is 0 Å². The van der Waals surface area contributed by atoms with E-state index in [1.54, 1.807) is 28.0 Å². The first-order valence-corrected chi connectivity index (χ1v) is 10.7. The predicted octanol–water partition coefficient (Wildman–Crippen LogP) is 3.92. The minimum atomic E-state index is -0.366. The summed E-state index contributed by atoms with van der Waals surface area (Å²) in [4.78, 5) is 29.3. The van der Waals surface area contributed by atoms with Gasteiger partial charge in [0.25, 0.3) is 5.91 Å². The van der Waals surface area contributed by atoms with Gasteiger partial charge in [-0.1, -0.05) is 24.6 Å². The number of amides is 2. The first-order chi connectivity index (χ1) is 15.0. The summed E-state index contributed by atoms with van der Waals surface area (Å²) in [6.45, 7) is 0.596. The second-order valence-corrected chi connectivity index (χ2v) is 8.11. The van der Waals surface area contributed by atoms with Crippen molar-refractivity contribution in [2.75, 3.05) is 13.2 Å². The molecule has 2 aliphatic heterocycles. The van der Waals surface area contributed by atoms with Crippen LogP contribution in [-0.4, -0.2) is 46.8 Å². The molecule has 0 aliphatic carbocycles. The third-order valence-corrected chi connectivity index (χ3v) is 6.17. The highest BCUT2D eigenvalue weighted by molar-refractivity contribution is 5.80. The fourth-order valence-electron chi connectivity index (χ4n) is 4.59. The molecule has 0 radical (unpaired) electrons. The highest BCUT2D eigenvalue weighted by Gasteiger charge is 2.42. The van der Waals surface area contributed by atoms with E-state index in [9.17, 15) is 18.4 Å². The highest BCUT2D eigenvalue weighted by Crippen LogP contribution is 2.31. The van der Waals surface area contributed by atoms with Crippen LogP contribution < -0.4 is 4.74 Å². The van der Waals surface area contributed by atoms with Crippen molar-refractivity contribution in [3.05, 3.63) is 65.7 Å². The number of benzene rings is 2. The molecule has 0 saturated carbocycles. The predicted molar refractivity (Wildman–Crippen MR) is 111 cm³/mol. The lowest BCUT2D eigenvalue weighted by molar-refractivity contribution is -0.140. The van der Waals surface area contributed by atoms with Crippen LogP contribution in [0.3, 0.4) is 0 Å². The Morgan fingerprint density at radius 3 is 2.55 bits per heavy atom. The molecule has 2 amide bonds.